The van der Waals surface area contributed by atoms with Crippen molar-refractivity contribution in [3.8, 4) is 12.1 Å². The molecule has 1 saturated heterocycles. The maximum Gasteiger partial charge on any atom is 0.410 e. The summed E-state index contributed by atoms with van der Waals surface area (Å²) in [4.78, 5) is 42.8. The van der Waals surface area contributed by atoms with E-state index in [1.54, 1.807) is 17.3 Å². The summed E-state index contributed by atoms with van der Waals surface area (Å²) in [5.74, 6) is 0.547. The van der Waals surface area contributed by atoms with Gasteiger partial charge in [0.1, 0.15) is 18.5 Å². The molecule has 12 nitrogen and oxygen atoms in total. The van der Waals surface area contributed by atoms with Gasteiger partial charge < -0.3 is 24.4 Å². The predicted octanol–water partition coefficient (Wildman–Crippen LogP) is 3.75. The molecule has 0 saturated carbocycles. The fraction of sp³-hybridized carbons (Fsp3) is 0.357. The summed E-state index contributed by atoms with van der Waals surface area (Å²) in [5.41, 5.74) is 3.04. The number of nitriles is 1. The third-order valence-electron chi connectivity index (χ3n) is 7.02. The van der Waals surface area contributed by atoms with E-state index < -0.39 is 18.2 Å². The zero-order chi connectivity index (χ0) is 28.1. The van der Waals surface area contributed by atoms with Crippen LogP contribution in [0.25, 0.3) is 0 Å². The Bertz CT molecular complexity index is 1400. The minimum Gasteiger partial charge on any atom is -0.465 e. The van der Waals surface area contributed by atoms with Gasteiger partial charge in [0.15, 0.2) is 0 Å². The van der Waals surface area contributed by atoms with E-state index in [4.69, 9.17) is 14.5 Å². The first-order chi connectivity index (χ1) is 19.4. The zero-order valence-electron chi connectivity index (χ0n) is 22.0. The summed E-state index contributed by atoms with van der Waals surface area (Å²) in [7, 11) is 0. The monoisotopic (exact) mass is 543 g/mol. The van der Waals surface area contributed by atoms with Crippen LogP contribution >= 0.6 is 0 Å². The largest absolute Gasteiger partial charge is 0.465 e. The van der Waals surface area contributed by atoms with Crippen molar-refractivity contribution in [2.75, 3.05) is 24.5 Å². The molecule has 2 aliphatic heterocycles. The molecule has 0 spiro atoms. The normalized spacial score (nSPS) is 17.1. The molecular formula is C28H29N7O5. The van der Waals surface area contributed by atoms with Gasteiger partial charge in [0.05, 0.1) is 37.3 Å². The number of anilines is 1. The lowest BCUT2D eigenvalue weighted by molar-refractivity contribution is 0.0767. The Morgan fingerprint density at radius 3 is 2.62 bits per heavy atom. The highest BCUT2D eigenvalue weighted by Crippen LogP contribution is 2.33. The van der Waals surface area contributed by atoms with E-state index in [0.717, 1.165) is 11.1 Å². The number of carboxylic acid groups (broad SMARTS) is 1. The summed E-state index contributed by atoms with van der Waals surface area (Å²) in [5, 5.41) is 19.1. The van der Waals surface area contributed by atoms with Crippen LogP contribution in [0.1, 0.15) is 41.8 Å². The maximum absolute atomic E-state index is 13.0. The van der Waals surface area contributed by atoms with Crippen molar-refractivity contribution >= 4 is 18.0 Å². The summed E-state index contributed by atoms with van der Waals surface area (Å²) in [6, 6.07) is 14.9. The minimum atomic E-state index is -1.05. The van der Waals surface area contributed by atoms with E-state index in [-0.39, 0.29) is 38.2 Å². The number of carbonyl (C=O) groups excluding carboxylic acids is 1. The van der Waals surface area contributed by atoms with Gasteiger partial charge in [-0.25, -0.2) is 9.59 Å². The van der Waals surface area contributed by atoms with Crippen molar-refractivity contribution in [2.24, 2.45) is 0 Å². The average molecular weight is 544 g/mol. The van der Waals surface area contributed by atoms with Crippen LogP contribution in [0.3, 0.4) is 0 Å². The zero-order valence-corrected chi connectivity index (χ0v) is 22.0. The smallest absolute Gasteiger partial charge is 0.410 e. The number of piperazine rings is 1. The van der Waals surface area contributed by atoms with E-state index in [2.05, 4.69) is 16.0 Å². The Labute approximate surface area is 231 Å². The maximum atomic E-state index is 13.0. The molecule has 206 valence electrons. The lowest BCUT2D eigenvalue weighted by Crippen LogP contribution is -2.55. The topological polar surface area (TPSA) is 145 Å². The van der Waals surface area contributed by atoms with Gasteiger partial charge in [0.25, 0.3) is 0 Å². The Morgan fingerprint density at radius 2 is 1.90 bits per heavy atom. The number of aromatic nitrogens is 3. The van der Waals surface area contributed by atoms with Gasteiger partial charge in [-0.15, -0.1) is 0 Å². The molecule has 5 rings (SSSR count). The van der Waals surface area contributed by atoms with Gasteiger partial charge in [-0.3, -0.25) is 9.88 Å². The molecule has 2 amide bonds. The Morgan fingerprint density at radius 1 is 1.12 bits per heavy atom. The second-order valence-electron chi connectivity index (χ2n) is 9.63. The standard InChI is InChI=1S/C28H29N7O5/c1-19(21-8-11-30-12-9-21)40-26-31-24-17-34(27(36)37)16-23(24)25(32-26)33-13-14-35(22(15-33)7-10-29)28(38)39-18-20-5-3-2-4-6-20/h2-6,8-9,11-12,19,22H,7,13-18H2,1H3,(H,36,37)/t19?,22-/m0/s1. The number of hydrogen-bond donors (Lipinski definition) is 1. The number of ether oxygens (including phenoxy) is 2. The van der Waals surface area contributed by atoms with E-state index in [0.29, 0.717) is 36.7 Å². The quantitative estimate of drug-likeness (QED) is 0.468. The highest BCUT2D eigenvalue weighted by atomic mass is 16.6. The van der Waals surface area contributed by atoms with E-state index in [9.17, 15) is 20.0 Å². The molecule has 2 aliphatic rings. The Hall–Kier alpha value is -4.92. The van der Waals surface area contributed by atoms with Crippen LogP contribution in [-0.4, -0.2) is 67.7 Å². The van der Waals surface area contributed by atoms with Crippen molar-refractivity contribution in [3.05, 3.63) is 77.2 Å². The molecule has 0 bridgehead atoms. The summed E-state index contributed by atoms with van der Waals surface area (Å²) < 4.78 is 11.6. The number of rotatable bonds is 7. The number of fused-ring (bicyclic) bond motifs is 1. The van der Waals surface area contributed by atoms with Crippen LogP contribution in [0.4, 0.5) is 15.4 Å². The highest BCUT2D eigenvalue weighted by Gasteiger charge is 2.36. The lowest BCUT2D eigenvalue weighted by Gasteiger charge is -2.41. The van der Waals surface area contributed by atoms with Crippen molar-refractivity contribution in [2.45, 2.75) is 45.2 Å². The van der Waals surface area contributed by atoms with Crippen LogP contribution < -0.4 is 9.64 Å². The fourth-order valence-corrected chi connectivity index (χ4v) is 4.90. The molecule has 1 aromatic carbocycles. The molecule has 0 aliphatic carbocycles. The number of nitrogens with zero attached hydrogens (tertiary/aromatic N) is 7. The predicted molar refractivity (Wildman–Crippen MR) is 142 cm³/mol. The Kier molecular flexibility index (Phi) is 7.91. The van der Waals surface area contributed by atoms with Crippen molar-refractivity contribution in [1.82, 2.24) is 24.8 Å². The van der Waals surface area contributed by atoms with Gasteiger partial charge >= 0.3 is 18.2 Å². The number of amides is 2. The number of hydrogen-bond acceptors (Lipinski definition) is 9. The van der Waals surface area contributed by atoms with Gasteiger partial charge in [0, 0.05) is 37.6 Å². The van der Waals surface area contributed by atoms with Gasteiger partial charge in [-0.05, 0) is 30.2 Å². The molecule has 3 aromatic rings. The minimum absolute atomic E-state index is 0.105. The second-order valence-corrected chi connectivity index (χ2v) is 9.63. The highest BCUT2D eigenvalue weighted by molar-refractivity contribution is 5.69. The van der Waals surface area contributed by atoms with Crippen LogP contribution in [0.2, 0.25) is 0 Å². The molecule has 2 aromatic heterocycles. The van der Waals surface area contributed by atoms with Crippen LogP contribution in [0.5, 0.6) is 6.01 Å². The molecule has 1 fully saturated rings. The molecule has 4 heterocycles. The van der Waals surface area contributed by atoms with E-state index in [1.165, 1.54) is 4.90 Å². The van der Waals surface area contributed by atoms with Gasteiger partial charge in [-0.1, -0.05) is 30.3 Å². The van der Waals surface area contributed by atoms with Crippen molar-refractivity contribution in [3.63, 3.8) is 0 Å². The lowest BCUT2D eigenvalue weighted by atomic mass is 10.1. The molecule has 12 heteroatoms. The Balaban J connectivity index is 1.37. The first kappa shape index (κ1) is 26.7. The molecular weight excluding hydrogens is 514 g/mol. The van der Waals surface area contributed by atoms with Crippen LogP contribution in [0, 0.1) is 11.3 Å². The number of pyridine rings is 1. The van der Waals surface area contributed by atoms with Crippen molar-refractivity contribution < 1.29 is 24.2 Å². The van der Waals surface area contributed by atoms with Crippen LogP contribution in [0.15, 0.2) is 54.9 Å². The number of benzene rings is 1. The SMILES string of the molecule is CC(Oc1nc2c(c(N3CCN(C(=O)OCc4ccccc4)[C@@H](CC#N)C3)n1)CN(C(=O)O)C2)c1ccncc1. The average Bonchev–Trinajstić information content (AvgIpc) is 3.41. The third-order valence-corrected chi connectivity index (χ3v) is 7.02. The molecule has 1 N–H and O–H groups in total. The number of carbonyl (C=O) groups is 2. The van der Waals surface area contributed by atoms with E-state index >= 15 is 0 Å². The third kappa shape index (κ3) is 5.88. The summed E-state index contributed by atoms with van der Waals surface area (Å²) in [6.07, 6.45) is 1.55. The second kappa shape index (κ2) is 11.9. The molecule has 0 radical (unpaired) electrons. The van der Waals surface area contributed by atoms with E-state index in [1.807, 2.05) is 54.3 Å². The molecule has 1 unspecified atom stereocenters. The summed E-state index contributed by atoms with van der Waals surface area (Å²) >= 11 is 0. The van der Waals surface area contributed by atoms with Gasteiger partial charge in [-0.2, -0.15) is 15.2 Å². The van der Waals surface area contributed by atoms with Gasteiger partial charge in [0.2, 0.25) is 0 Å². The first-order valence-electron chi connectivity index (χ1n) is 13.0. The van der Waals surface area contributed by atoms with Crippen molar-refractivity contribution in [1.29, 1.82) is 5.26 Å². The first-order valence-corrected chi connectivity index (χ1v) is 13.0. The van der Waals surface area contributed by atoms with Crippen LogP contribution in [-0.2, 0) is 24.4 Å². The molecule has 40 heavy (non-hydrogen) atoms. The summed E-state index contributed by atoms with van der Waals surface area (Å²) in [6.45, 7) is 3.32. The fourth-order valence-electron chi connectivity index (χ4n) is 4.90. The molecule has 2 atom stereocenters.